The molecule has 0 aliphatic carbocycles. The van der Waals surface area contributed by atoms with Crippen LogP contribution in [-0.4, -0.2) is 25.2 Å². The zero-order valence-corrected chi connectivity index (χ0v) is 14.6. The van der Waals surface area contributed by atoms with Gasteiger partial charge < -0.3 is 9.88 Å². The summed E-state index contributed by atoms with van der Waals surface area (Å²) in [4.78, 5) is 17.0. The molecule has 0 bridgehead atoms. The van der Waals surface area contributed by atoms with Gasteiger partial charge in [0.15, 0.2) is 5.69 Å². The van der Waals surface area contributed by atoms with Crippen LogP contribution in [-0.2, 0) is 13.0 Å². The van der Waals surface area contributed by atoms with Crippen LogP contribution in [0.2, 0.25) is 0 Å². The summed E-state index contributed by atoms with van der Waals surface area (Å²) in [6, 6.07) is 7.79. The molecular formula is C18H23N5O. The standard InChI is InChI=1S/C18H23N5O/c1-5-17-20-15-11-13(7-8-16(15)22(17)6-2)19-18(24)14-9-10-23(21-14)12(3)4/h7-12H,5-6H2,1-4H3,(H,19,24). The third-order valence-corrected chi connectivity index (χ3v) is 4.09. The molecule has 24 heavy (non-hydrogen) atoms. The van der Waals surface area contributed by atoms with Crippen molar-refractivity contribution < 1.29 is 4.79 Å². The fraction of sp³-hybridized carbons (Fsp3) is 0.389. The minimum Gasteiger partial charge on any atom is -0.328 e. The number of fused-ring (bicyclic) bond motifs is 1. The van der Waals surface area contributed by atoms with Crippen molar-refractivity contribution in [2.45, 2.75) is 46.7 Å². The maximum absolute atomic E-state index is 12.4. The van der Waals surface area contributed by atoms with Gasteiger partial charge in [0.1, 0.15) is 5.82 Å². The minimum absolute atomic E-state index is 0.209. The Kier molecular flexibility index (Phi) is 4.38. The van der Waals surface area contributed by atoms with Crippen LogP contribution in [0.5, 0.6) is 0 Å². The smallest absolute Gasteiger partial charge is 0.276 e. The number of nitrogens with one attached hydrogen (secondary N) is 1. The van der Waals surface area contributed by atoms with Crippen LogP contribution in [0.1, 0.15) is 50.0 Å². The van der Waals surface area contributed by atoms with E-state index in [-0.39, 0.29) is 11.9 Å². The van der Waals surface area contributed by atoms with Crippen molar-refractivity contribution in [1.29, 1.82) is 0 Å². The van der Waals surface area contributed by atoms with Crippen molar-refractivity contribution in [3.05, 3.63) is 42.0 Å². The van der Waals surface area contributed by atoms with Gasteiger partial charge in [-0.1, -0.05) is 6.92 Å². The SMILES string of the molecule is CCc1nc2cc(NC(=O)c3ccn(C(C)C)n3)ccc2n1CC. The second-order valence-corrected chi connectivity index (χ2v) is 6.06. The third-order valence-electron chi connectivity index (χ3n) is 4.09. The van der Waals surface area contributed by atoms with E-state index in [2.05, 4.69) is 33.8 Å². The topological polar surface area (TPSA) is 64.7 Å². The molecule has 1 N–H and O–H groups in total. The molecule has 0 saturated heterocycles. The van der Waals surface area contributed by atoms with Gasteiger partial charge in [0.2, 0.25) is 0 Å². The van der Waals surface area contributed by atoms with E-state index in [9.17, 15) is 4.79 Å². The summed E-state index contributed by atoms with van der Waals surface area (Å²) in [6.45, 7) is 9.15. The second kappa shape index (κ2) is 6.47. The predicted octanol–water partition coefficient (Wildman–Crippen LogP) is 3.65. The Balaban J connectivity index is 1.85. The minimum atomic E-state index is -0.209. The molecule has 0 atom stereocenters. The Morgan fingerprint density at radius 2 is 2.04 bits per heavy atom. The van der Waals surface area contributed by atoms with E-state index >= 15 is 0 Å². The van der Waals surface area contributed by atoms with E-state index < -0.39 is 0 Å². The van der Waals surface area contributed by atoms with Gasteiger partial charge in [-0.05, 0) is 45.0 Å². The number of hydrogen-bond acceptors (Lipinski definition) is 3. The molecule has 0 aliphatic heterocycles. The molecule has 126 valence electrons. The number of rotatable bonds is 5. The van der Waals surface area contributed by atoms with Gasteiger partial charge in [0.05, 0.1) is 11.0 Å². The van der Waals surface area contributed by atoms with E-state index in [0.717, 1.165) is 35.5 Å². The van der Waals surface area contributed by atoms with Crippen molar-refractivity contribution in [3.8, 4) is 0 Å². The van der Waals surface area contributed by atoms with Gasteiger partial charge >= 0.3 is 0 Å². The monoisotopic (exact) mass is 325 g/mol. The molecule has 6 heteroatoms. The summed E-state index contributed by atoms with van der Waals surface area (Å²) in [5.41, 5.74) is 3.14. The molecule has 1 aromatic carbocycles. The van der Waals surface area contributed by atoms with E-state index in [1.54, 1.807) is 10.7 Å². The molecule has 0 spiro atoms. The molecule has 6 nitrogen and oxygen atoms in total. The average Bonchev–Trinajstić information content (AvgIpc) is 3.18. The van der Waals surface area contributed by atoms with Gasteiger partial charge in [-0.15, -0.1) is 0 Å². The molecule has 0 saturated carbocycles. The fourth-order valence-corrected chi connectivity index (χ4v) is 2.82. The summed E-state index contributed by atoms with van der Waals surface area (Å²) in [6.07, 6.45) is 2.70. The molecule has 3 aromatic rings. The summed E-state index contributed by atoms with van der Waals surface area (Å²) in [5.74, 6) is 0.853. The predicted molar refractivity (Wildman–Crippen MR) is 95.4 cm³/mol. The van der Waals surface area contributed by atoms with Crippen molar-refractivity contribution in [2.75, 3.05) is 5.32 Å². The van der Waals surface area contributed by atoms with Crippen molar-refractivity contribution >= 4 is 22.6 Å². The normalized spacial score (nSPS) is 11.4. The molecule has 1 amide bonds. The average molecular weight is 325 g/mol. The Labute approximate surface area is 141 Å². The van der Waals surface area contributed by atoms with Crippen molar-refractivity contribution in [1.82, 2.24) is 19.3 Å². The number of nitrogens with zero attached hydrogens (tertiary/aromatic N) is 4. The Morgan fingerprint density at radius 1 is 1.25 bits per heavy atom. The summed E-state index contributed by atoms with van der Waals surface area (Å²) in [7, 11) is 0. The van der Waals surface area contributed by atoms with E-state index in [4.69, 9.17) is 0 Å². The molecule has 3 rings (SSSR count). The van der Waals surface area contributed by atoms with E-state index in [1.807, 2.05) is 38.2 Å². The third kappa shape index (κ3) is 2.91. The largest absolute Gasteiger partial charge is 0.328 e. The first-order valence-corrected chi connectivity index (χ1v) is 8.39. The number of aromatic nitrogens is 4. The zero-order chi connectivity index (χ0) is 17.3. The zero-order valence-electron chi connectivity index (χ0n) is 14.6. The van der Waals surface area contributed by atoms with E-state index in [1.165, 1.54) is 0 Å². The molecule has 2 aromatic heterocycles. The highest BCUT2D eigenvalue weighted by Crippen LogP contribution is 2.21. The molecule has 0 fully saturated rings. The Morgan fingerprint density at radius 3 is 2.67 bits per heavy atom. The first-order valence-electron chi connectivity index (χ1n) is 8.39. The van der Waals surface area contributed by atoms with Crippen LogP contribution in [0.4, 0.5) is 5.69 Å². The highest BCUT2D eigenvalue weighted by molar-refractivity contribution is 6.03. The van der Waals surface area contributed by atoms with Crippen LogP contribution in [0.25, 0.3) is 11.0 Å². The Bertz CT molecular complexity index is 875. The fourth-order valence-electron chi connectivity index (χ4n) is 2.82. The van der Waals surface area contributed by atoms with Gasteiger partial charge in [-0.3, -0.25) is 9.48 Å². The summed E-state index contributed by atoms with van der Waals surface area (Å²) < 4.78 is 3.97. The summed E-state index contributed by atoms with van der Waals surface area (Å²) in [5, 5.41) is 7.20. The highest BCUT2D eigenvalue weighted by Gasteiger charge is 2.13. The lowest BCUT2D eigenvalue weighted by Crippen LogP contribution is -2.13. The Hall–Kier alpha value is -2.63. The van der Waals surface area contributed by atoms with Crippen molar-refractivity contribution in [3.63, 3.8) is 0 Å². The number of amides is 1. The molecule has 2 heterocycles. The molecule has 0 unspecified atom stereocenters. The van der Waals surface area contributed by atoms with Crippen LogP contribution in [0.3, 0.4) is 0 Å². The van der Waals surface area contributed by atoms with Crippen LogP contribution >= 0.6 is 0 Å². The van der Waals surface area contributed by atoms with Gasteiger partial charge in [0, 0.05) is 30.9 Å². The van der Waals surface area contributed by atoms with Crippen LogP contribution in [0.15, 0.2) is 30.5 Å². The van der Waals surface area contributed by atoms with Crippen molar-refractivity contribution in [2.24, 2.45) is 0 Å². The lowest BCUT2D eigenvalue weighted by atomic mass is 10.2. The van der Waals surface area contributed by atoms with E-state index in [0.29, 0.717) is 5.69 Å². The van der Waals surface area contributed by atoms with Crippen LogP contribution in [0, 0.1) is 0 Å². The summed E-state index contributed by atoms with van der Waals surface area (Å²) >= 11 is 0. The number of carbonyl (C=O) groups excluding carboxylic acids is 1. The maximum Gasteiger partial charge on any atom is 0.276 e. The van der Waals surface area contributed by atoms with Gasteiger partial charge in [-0.2, -0.15) is 5.10 Å². The number of aryl methyl sites for hydroxylation is 2. The highest BCUT2D eigenvalue weighted by atomic mass is 16.1. The number of anilines is 1. The second-order valence-electron chi connectivity index (χ2n) is 6.06. The maximum atomic E-state index is 12.4. The molecule has 0 aliphatic rings. The van der Waals surface area contributed by atoms with Gasteiger partial charge in [0.25, 0.3) is 5.91 Å². The molecule has 0 radical (unpaired) electrons. The lowest BCUT2D eigenvalue weighted by Gasteiger charge is -2.06. The van der Waals surface area contributed by atoms with Gasteiger partial charge in [-0.25, -0.2) is 4.98 Å². The van der Waals surface area contributed by atoms with Crippen LogP contribution < -0.4 is 5.32 Å². The first-order chi connectivity index (χ1) is 11.5. The lowest BCUT2D eigenvalue weighted by molar-refractivity contribution is 0.102. The number of imidazole rings is 1. The first kappa shape index (κ1) is 16.2. The number of carbonyl (C=O) groups is 1. The quantitative estimate of drug-likeness (QED) is 0.779. The molecular weight excluding hydrogens is 302 g/mol. The number of benzene rings is 1. The number of hydrogen-bond donors (Lipinski definition) is 1.